The van der Waals surface area contributed by atoms with Crippen molar-refractivity contribution in [3.8, 4) is 5.75 Å². The van der Waals surface area contributed by atoms with Crippen molar-refractivity contribution in [2.45, 2.75) is 32.9 Å². The molecule has 0 unspecified atom stereocenters. The molecule has 0 aliphatic carbocycles. The van der Waals surface area contributed by atoms with E-state index >= 15 is 0 Å². The molecule has 0 aromatic heterocycles. The number of carbonyl (C=O) groups excluding carboxylic acids is 1. The van der Waals surface area contributed by atoms with Crippen LogP contribution in [0.3, 0.4) is 0 Å². The lowest BCUT2D eigenvalue weighted by molar-refractivity contribution is 0.0793. The van der Waals surface area contributed by atoms with E-state index in [1.807, 2.05) is 18.2 Å². The first-order valence-corrected chi connectivity index (χ1v) is 7.47. The number of ketones is 1. The summed E-state index contributed by atoms with van der Waals surface area (Å²) < 4.78 is 0. The topological polar surface area (TPSA) is 40.5 Å². The minimum Gasteiger partial charge on any atom is -0.508 e. The molecule has 1 N–H and O–H groups in total. The maximum atomic E-state index is 12.5. The predicted molar refractivity (Wildman–Crippen MR) is 89.0 cm³/mol. The van der Waals surface area contributed by atoms with Crippen LogP contribution in [0.5, 0.6) is 5.75 Å². The Balaban J connectivity index is 2.13. The van der Waals surface area contributed by atoms with Gasteiger partial charge in [-0.15, -0.1) is 0 Å². The predicted octanol–water partition coefficient (Wildman–Crippen LogP) is 3.88. The average molecular weight is 297 g/mol. The third kappa shape index (κ3) is 4.43. The molecule has 0 saturated heterocycles. The minimum atomic E-state index is -0.109. The second-order valence-corrected chi connectivity index (χ2v) is 6.48. The first-order chi connectivity index (χ1) is 10.4. The van der Waals surface area contributed by atoms with Crippen molar-refractivity contribution in [1.82, 2.24) is 4.90 Å². The quantitative estimate of drug-likeness (QED) is 0.852. The lowest BCUT2D eigenvalue weighted by Crippen LogP contribution is -2.43. The highest BCUT2D eigenvalue weighted by Crippen LogP contribution is 2.19. The molecule has 2 rings (SSSR count). The van der Waals surface area contributed by atoms with Crippen molar-refractivity contribution in [1.29, 1.82) is 0 Å². The summed E-state index contributed by atoms with van der Waals surface area (Å²) in [6.45, 7) is 7.41. The summed E-state index contributed by atoms with van der Waals surface area (Å²) in [5.41, 5.74) is 1.71. The summed E-state index contributed by atoms with van der Waals surface area (Å²) in [6, 6.07) is 16.6. The molecule has 0 radical (unpaired) electrons. The van der Waals surface area contributed by atoms with Gasteiger partial charge >= 0.3 is 0 Å². The monoisotopic (exact) mass is 297 g/mol. The third-order valence-electron chi connectivity index (χ3n) is 3.69. The molecule has 0 bridgehead atoms. The first kappa shape index (κ1) is 16.2. The number of carbonyl (C=O) groups is 1. The van der Waals surface area contributed by atoms with Gasteiger partial charge in [-0.3, -0.25) is 9.69 Å². The molecule has 0 aliphatic heterocycles. The zero-order valence-electron chi connectivity index (χ0n) is 13.4. The van der Waals surface area contributed by atoms with E-state index < -0.39 is 0 Å². The molecule has 0 fully saturated rings. The van der Waals surface area contributed by atoms with Crippen LogP contribution in [0.15, 0.2) is 54.6 Å². The number of phenolic OH excluding ortho intramolecular Hbond substituents is 1. The van der Waals surface area contributed by atoms with Crippen LogP contribution >= 0.6 is 0 Å². The van der Waals surface area contributed by atoms with Crippen molar-refractivity contribution < 1.29 is 9.90 Å². The van der Waals surface area contributed by atoms with Crippen molar-refractivity contribution in [3.05, 3.63) is 65.7 Å². The Kier molecular flexibility index (Phi) is 4.99. The Morgan fingerprint density at radius 2 is 1.59 bits per heavy atom. The smallest absolute Gasteiger partial charge is 0.176 e. The highest BCUT2D eigenvalue weighted by atomic mass is 16.3. The SMILES string of the molecule is CC(C)(C)N(CC(=O)c1ccc(O)cc1)Cc1ccccc1. The Bertz CT molecular complexity index is 612. The fraction of sp³-hybridized carbons (Fsp3) is 0.316. The summed E-state index contributed by atoms with van der Waals surface area (Å²) in [4.78, 5) is 14.6. The molecule has 0 amide bonds. The van der Waals surface area contributed by atoms with Gasteiger partial charge in [0.2, 0.25) is 0 Å². The molecule has 3 heteroatoms. The molecule has 116 valence electrons. The van der Waals surface area contributed by atoms with Crippen LogP contribution in [0, 0.1) is 0 Å². The van der Waals surface area contributed by atoms with Gasteiger partial charge in [0.15, 0.2) is 5.78 Å². The third-order valence-corrected chi connectivity index (χ3v) is 3.69. The second kappa shape index (κ2) is 6.75. The Morgan fingerprint density at radius 1 is 1.00 bits per heavy atom. The summed E-state index contributed by atoms with van der Waals surface area (Å²) in [7, 11) is 0. The van der Waals surface area contributed by atoms with Gasteiger partial charge in [-0.1, -0.05) is 30.3 Å². The van der Waals surface area contributed by atoms with Gasteiger partial charge in [0.25, 0.3) is 0 Å². The number of hydrogen-bond acceptors (Lipinski definition) is 3. The molecule has 3 nitrogen and oxygen atoms in total. The summed E-state index contributed by atoms with van der Waals surface area (Å²) in [6.07, 6.45) is 0. The zero-order valence-corrected chi connectivity index (χ0v) is 13.4. The highest BCUT2D eigenvalue weighted by molar-refractivity contribution is 5.97. The summed E-state index contributed by atoms with van der Waals surface area (Å²) in [5.74, 6) is 0.236. The van der Waals surface area contributed by atoms with Crippen LogP contribution in [0.2, 0.25) is 0 Å². The lowest BCUT2D eigenvalue weighted by atomic mass is 10.0. The molecule has 0 saturated carbocycles. The zero-order chi connectivity index (χ0) is 16.2. The highest BCUT2D eigenvalue weighted by Gasteiger charge is 2.24. The van der Waals surface area contributed by atoms with Gasteiger partial charge in [-0.25, -0.2) is 0 Å². The Hall–Kier alpha value is -2.13. The Labute approximate surface area is 132 Å². The van der Waals surface area contributed by atoms with Crippen molar-refractivity contribution >= 4 is 5.78 Å². The maximum Gasteiger partial charge on any atom is 0.176 e. The van der Waals surface area contributed by atoms with E-state index in [0.29, 0.717) is 12.1 Å². The van der Waals surface area contributed by atoms with Crippen LogP contribution in [0.25, 0.3) is 0 Å². The van der Waals surface area contributed by atoms with Crippen LogP contribution in [0.4, 0.5) is 0 Å². The van der Waals surface area contributed by atoms with E-state index in [1.54, 1.807) is 24.3 Å². The maximum absolute atomic E-state index is 12.5. The van der Waals surface area contributed by atoms with E-state index in [0.717, 1.165) is 6.54 Å². The van der Waals surface area contributed by atoms with E-state index in [2.05, 4.69) is 37.8 Å². The fourth-order valence-electron chi connectivity index (χ4n) is 2.25. The number of rotatable bonds is 5. The standard InChI is InChI=1S/C19H23NO2/c1-19(2,3)20(13-15-7-5-4-6-8-15)14-18(22)16-9-11-17(21)12-10-16/h4-12,21H,13-14H2,1-3H3. The molecule has 22 heavy (non-hydrogen) atoms. The summed E-state index contributed by atoms with van der Waals surface area (Å²) in [5, 5.41) is 9.32. The number of benzene rings is 2. The van der Waals surface area contributed by atoms with Crippen LogP contribution in [0.1, 0.15) is 36.7 Å². The largest absolute Gasteiger partial charge is 0.508 e. The fourth-order valence-corrected chi connectivity index (χ4v) is 2.25. The van der Waals surface area contributed by atoms with Crippen molar-refractivity contribution in [3.63, 3.8) is 0 Å². The Morgan fingerprint density at radius 3 is 2.14 bits per heavy atom. The van der Waals surface area contributed by atoms with Gasteiger partial charge in [0.1, 0.15) is 5.75 Å². The van der Waals surface area contributed by atoms with Crippen LogP contribution in [-0.2, 0) is 6.54 Å². The van der Waals surface area contributed by atoms with E-state index in [9.17, 15) is 9.90 Å². The van der Waals surface area contributed by atoms with Crippen LogP contribution in [-0.4, -0.2) is 27.9 Å². The number of aromatic hydroxyl groups is 1. The number of Topliss-reactive ketones (excluding diaryl/α,β-unsaturated/α-hetero) is 1. The second-order valence-electron chi connectivity index (χ2n) is 6.48. The molecule has 0 heterocycles. The first-order valence-electron chi connectivity index (χ1n) is 7.47. The summed E-state index contributed by atoms with van der Waals surface area (Å²) >= 11 is 0. The molecule has 0 aliphatic rings. The van der Waals surface area contributed by atoms with Crippen molar-refractivity contribution in [2.24, 2.45) is 0 Å². The molecular formula is C19H23NO2. The average Bonchev–Trinajstić information content (AvgIpc) is 2.47. The van der Waals surface area contributed by atoms with E-state index in [1.165, 1.54) is 5.56 Å². The minimum absolute atomic E-state index is 0.0610. The van der Waals surface area contributed by atoms with E-state index in [4.69, 9.17) is 0 Å². The van der Waals surface area contributed by atoms with Crippen molar-refractivity contribution in [2.75, 3.05) is 6.54 Å². The molecule has 0 atom stereocenters. The molecule has 2 aromatic carbocycles. The van der Waals surface area contributed by atoms with E-state index in [-0.39, 0.29) is 17.1 Å². The molecule has 2 aromatic rings. The van der Waals surface area contributed by atoms with Gasteiger partial charge in [0, 0.05) is 17.6 Å². The van der Waals surface area contributed by atoms with Gasteiger partial charge in [-0.05, 0) is 50.6 Å². The molecular weight excluding hydrogens is 274 g/mol. The number of phenols is 1. The van der Waals surface area contributed by atoms with Crippen LogP contribution < -0.4 is 0 Å². The van der Waals surface area contributed by atoms with Gasteiger partial charge < -0.3 is 5.11 Å². The van der Waals surface area contributed by atoms with Gasteiger partial charge in [-0.2, -0.15) is 0 Å². The molecule has 0 spiro atoms. The lowest BCUT2D eigenvalue weighted by Gasteiger charge is -2.35. The van der Waals surface area contributed by atoms with Gasteiger partial charge in [0.05, 0.1) is 6.54 Å². The number of nitrogens with zero attached hydrogens (tertiary/aromatic N) is 1. The number of hydrogen-bond donors (Lipinski definition) is 1. The normalized spacial score (nSPS) is 11.6.